The molecule has 6 heteroatoms. The van der Waals surface area contributed by atoms with Gasteiger partial charge in [-0.25, -0.2) is 4.98 Å². The molecule has 5 nitrogen and oxygen atoms in total. The minimum Gasteiger partial charge on any atom is -0.352 e. The molecule has 2 rings (SSSR count). The van der Waals surface area contributed by atoms with E-state index in [1.165, 1.54) is 11.8 Å². The first-order valence-corrected chi connectivity index (χ1v) is 7.11. The van der Waals surface area contributed by atoms with Crippen LogP contribution in [0.15, 0.2) is 48.1 Å². The number of carbonyl (C=O) groups is 1. The highest BCUT2D eigenvalue weighted by Crippen LogP contribution is 2.22. The first kappa shape index (κ1) is 14.3. The Balaban J connectivity index is 1.99. The van der Waals surface area contributed by atoms with E-state index in [0.29, 0.717) is 17.5 Å². The Bertz CT molecular complexity index is 582. The van der Waals surface area contributed by atoms with Crippen LogP contribution in [0.25, 0.3) is 11.4 Å². The van der Waals surface area contributed by atoms with Crippen molar-refractivity contribution in [1.82, 2.24) is 20.5 Å². The van der Waals surface area contributed by atoms with Crippen LogP contribution in [0.4, 0.5) is 0 Å². The molecule has 0 unspecified atom stereocenters. The van der Waals surface area contributed by atoms with Crippen LogP contribution in [0.5, 0.6) is 0 Å². The summed E-state index contributed by atoms with van der Waals surface area (Å²) in [5.74, 6) is 0.646. The van der Waals surface area contributed by atoms with Crippen LogP contribution in [0.3, 0.4) is 0 Å². The number of hydrogen-bond acceptors (Lipinski definition) is 4. The summed E-state index contributed by atoms with van der Waals surface area (Å²) in [6.07, 6.45) is 1.65. The van der Waals surface area contributed by atoms with Crippen molar-refractivity contribution in [3.8, 4) is 11.4 Å². The zero-order valence-corrected chi connectivity index (χ0v) is 12.0. The molecule has 0 saturated heterocycles. The van der Waals surface area contributed by atoms with Crippen LogP contribution in [-0.2, 0) is 4.79 Å². The minimum atomic E-state index is -0.255. The van der Waals surface area contributed by atoms with E-state index in [-0.39, 0.29) is 11.2 Å². The summed E-state index contributed by atoms with van der Waals surface area (Å²) in [5, 5.41) is 10.1. The predicted molar refractivity (Wildman–Crippen MR) is 80.3 cm³/mol. The fourth-order valence-corrected chi connectivity index (χ4v) is 2.30. The van der Waals surface area contributed by atoms with Gasteiger partial charge in [0.1, 0.15) is 0 Å². The number of nitrogens with zero attached hydrogens (tertiary/aromatic N) is 2. The molecule has 0 aliphatic carbocycles. The van der Waals surface area contributed by atoms with Crippen molar-refractivity contribution in [2.75, 3.05) is 6.54 Å². The van der Waals surface area contributed by atoms with E-state index in [1.807, 2.05) is 37.3 Å². The highest BCUT2D eigenvalue weighted by molar-refractivity contribution is 8.00. The highest BCUT2D eigenvalue weighted by atomic mass is 32.2. The van der Waals surface area contributed by atoms with Crippen molar-refractivity contribution >= 4 is 17.7 Å². The number of carbonyl (C=O) groups excluding carboxylic acids is 1. The van der Waals surface area contributed by atoms with Gasteiger partial charge in [0.15, 0.2) is 5.82 Å². The fourth-order valence-electron chi connectivity index (χ4n) is 1.55. The van der Waals surface area contributed by atoms with Gasteiger partial charge in [0.2, 0.25) is 11.1 Å². The molecule has 20 heavy (non-hydrogen) atoms. The first-order chi connectivity index (χ1) is 9.70. The Kier molecular flexibility index (Phi) is 4.95. The van der Waals surface area contributed by atoms with E-state index >= 15 is 0 Å². The zero-order valence-electron chi connectivity index (χ0n) is 11.2. The molecular formula is C14H16N4OS. The van der Waals surface area contributed by atoms with Crippen molar-refractivity contribution in [3.05, 3.63) is 43.0 Å². The van der Waals surface area contributed by atoms with Crippen LogP contribution in [-0.4, -0.2) is 32.9 Å². The molecule has 2 N–H and O–H groups in total. The van der Waals surface area contributed by atoms with Gasteiger partial charge in [-0.1, -0.05) is 48.2 Å². The van der Waals surface area contributed by atoms with E-state index in [9.17, 15) is 4.79 Å². The molecular weight excluding hydrogens is 272 g/mol. The van der Waals surface area contributed by atoms with Crippen LogP contribution < -0.4 is 5.32 Å². The molecule has 0 saturated carbocycles. The van der Waals surface area contributed by atoms with Gasteiger partial charge in [-0.05, 0) is 6.92 Å². The SMILES string of the molecule is C=CCNC(=O)[C@H](C)Sc1n[nH]c(-c2ccccc2)n1. The normalized spacial score (nSPS) is 11.8. The van der Waals surface area contributed by atoms with E-state index in [0.717, 1.165) is 5.56 Å². The third kappa shape index (κ3) is 3.71. The number of aromatic nitrogens is 3. The van der Waals surface area contributed by atoms with Gasteiger partial charge in [0.25, 0.3) is 0 Å². The van der Waals surface area contributed by atoms with Crippen molar-refractivity contribution in [2.45, 2.75) is 17.3 Å². The number of benzene rings is 1. The van der Waals surface area contributed by atoms with Gasteiger partial charge in [-0.3, -0.25) is 9.89 Å². The van der Waals surface area contributed by atoms with Gasteiger partial charge < -0.3 is 5.32 Å². The second-order valence-corrected chi connectivity index (χ2v) is 5.43. The largest absolute Gasteiger partial charge is 0.352 e. The topological polar surface area (TPSA) is 70.7 Å². The summed E-state index contributed by atoms with van der Waals surface area (Å²) < 4.78 is 0. The molecule has 0 aliphatic rings. The lowest BCUT2D eigenvalue weighted by Gasteiger charge is -2.07. The van der Waals surface area contributed by atoms with E-state index in [2.05, 4.69) is 27.1 Å². The Morgan fingerprint density at radius 1 is 1.50 bits per heavy atom. The average Bonchev–Trinajstić information content (AvgIpc) is 2.94. The minimum absolute atomic E-state index is 0.0547. The van der Waals surface area contributed by atoms with Crippen LogP contribution in [0.1, 0.15) is 6.92 Å². The molecule has 1 heterocycles. The molecule has 1 amide bonds. The Morgan fingerprint density at radius 2 is 2.25 bits per heavy atom. The summed E-state index contributed by atoms with van der Waals surface area (Å²) in [4.78, 5) is 16.1. The number of aromatic amines is 1. The number of thioether (sulfide) groups is 1. The first-order valence-electron chi connectivity index (χ1n) is 6.24. The van der Waals surface area contributed by atoms with Crippen molar-refractivity contribution < 1.29 is 4.79 Å². The van der Waals surface area contributed by atoms with Gasteiger partial charge in [-0.15, -0.1) is 11.7 Å². The number of amides is 1. The Morgan fingerprint density at radius 3 is 2.95 bits per heavy atom. The molecule has 1 aromatic carbocycles. The molecule has 0 aliphatic heterocycles. The van der Waals surface area contributed by atoms with Crippen LogP contribution >= 0.6 is 11.8 Å². The molecule has 104 valence electrons. The smallest absolute Gasteiger partial charge is 0.233 e. The van der Waals surface area contributed by atoms with Gasteiger partial charge >= 0.3 is 0 Å². The Labute approximate surface area is 121 Å². The van der Waals surface area contributed by atoms with E-state index < -0.39 is 0 Å². The third-order valence-corrected chi connectivity index (χ3v) is 3.55. The van der Waals surface area contributed by atoms with Crippen LogP contribution in [0, 0.1) is 0 Å². The quantitative estimate of drug-likeness (QED) is 0.632. The van der Waals surface area contributed by atoms with Crippen molar-refractivity contribution in [3.63, 3.8) is 0 Å². The summed E-state index contributed by atoms with van der Waals surface area (Å²) in [5.41, 5.74) is 0.968. The number of rotatable bonds is 6. The summed E-state index contributed by atoms with van der Waals surface area (Å²) in [7, 11) is 0. The lowest BCUT2D eigenvalue weighted by molar-refractivity contribution is -0.120. The molecule has 1 aromatic heterocycles. The van der Waals surface area contributed by atoms with E-state index in [4.69, 9.17) is 0 Å². The average molecular weight is 288 g/mol. The maximum absolute atomic E-state index is 11.7. The van der Waals surface area contributed by atoms with Crippen molar-refractivity contribution in [2.24, 2.45) is 0 Å². The van der Waals surface area contributed by atoms with Crippen molar-refractivity contribution in [1.29, 1.82) is 0 Å². The van der Waals surface area contributed by atoms with Gasteiger partial charge in [0.05, 0.1) is 5.25 Å². The second-order valence-electron chi connectivity index (χ2n) is 4.13. The number of hydrogen-bond donors (Lipinski definition) is 2. The molecule has 0 bridgehead atoms. The van der Waals surface area contributed by atoms with E-state index in [1.54, 1.807) is 6.08 Å². The maximum Gasteiger partial charge on any atom is 0.233 e. The number of H-pyrrole nitrogens is 1. The summed E-state index contributed by atoms with van der Waals surface area (Å²) in [6.45, 7) is 5.85. The lowest BCUT2D eigenvalue weighted by atomic mass is 10.2. The molecule has 1 atom stereocenters. The van der Waals surface area contributed by atoms with Gasteiger partial charge in [0, 0.05) is 12.1 Å². The molecule has 0 fully saturated rings. The van der Waals surface area contributed by atoms with Crippen LogP contribution in [0.2, 0.25) is 0 Å². The highest BCUT2D eigenvalue weighted by Gasteiger charge is 2.16. The fraction of sp³-hybridized carbons (Fsp3) is 0.214. The third-order valence-electron chi connectivity index (χ3n) is 2.58. The summed E-state index contributed by atoms with van der Waals surface area (Å²) >= 11 is 1.32. The molecule has 2 aromatic rings. The molecule has 0 radical (unpaired) electrons. The maximum atomic E-state index is 11.7. The second kappa shape index (κ2) is 6.91. The molecule has 0 spiro atoms. The zero-order chi connectivity index (χ0) is 14.4. The number of nitrogens with one attached hydrogen (secondary N) is 2. The summed E-state index contributed by atoms with van der Waals surface area (Å²) in [6, 6.07) is 9.73. The van der Waals surface area contributed by atoms with Gasteiger partial charge in [-0.2, -0.15) is 0 Å². The standard InChI is InChI=1S/C14H16N4OS/c1-3-9-15-13(19)10(2)20-14-16-12(17-18-14)11-7-5-4-6-8-11/h3-8,10H,1,9H2,2H3,(H,15,19)(H,16,17,18)/t10-/m0/s1. The lowest BCUT2D eigenvalue weighted by Crippen LogP contribution is -2.30. The Hall–Kier alpha value is -2.08. The monoisotopic (exact) mass is 288 g/mol. The predicted octanol–water partition coefficient (Wildman–Crippen LogP) is 2.25.